The first-order valence-electron chi connectivity index (χ1n) is 5.80. The van der Waals surface area contributed by atoms with E-state index in [9.17, 15) is 9.18 Å². The Balaban J connectivity index is 2.49. The molecule has 0 aromatic heterocycles. The maximum absolute atomic E-state index is 13.0. The Morgan fingerprint density at radius 1 is 1.50 bits per heavy atom. The monoisotopic (exact) mass is 251 g/mol. The van der Waals surface area contributed by atoms with E-state index >= 15 is 0 Å². The molecule has 4 heteroatoms. The number of carbonyl (C=O) groups is 1. The molecule has 0 spiro atoms. The van der Waals surface area contributed by atoms with E-state index in [2.05, 4.69) is 6.58 Å². The van der Waals surface area contributed by atoms with Gasteiger partial charge in [0.1, 0.15) is 5.82 Å². The predicted octanol–water partition coefficient (Wildman–Crippen LogP) is 2.38. The highest BCUT2D eigenvalue weighted by atomic mass is 19.1. The molecule has 0 fully saturated rings. The molecule has 0 bridgehead atoms. The SMILES string of the molecule is C=C(CN(C)Cc1cccc(F)c1)C(=O)OCC. The molecule has 0 aliphatic heterocycles. The number of hydrogen-bond donors (Lipinski definition) is 0. The predicted molar refractivity (Wildman–Crippen MR) is 68.5 cm³/mol. The molecule has 0 heterocycles. The number of carbonyl (C=O) groups excluding carboxylic acids is 1. The third-order valence-electron chi connectivity index (χ3n) is 2.37. The van der Waals surface area contributed by atoms with Crippen LogP contribution >= 0.6 is 0 Å². The summed E-state index contributed by atoms with van der Waals surface area (Å²) in [5, 5.41) is 0. The van der Waals surface area contributed by atoms with Gasteiger partial charge in [0.2, 0.25) is 0 Å². The smallest absolute Gasteiger partial charge is 0.334 e. The molecule has 3 nitrogen and oxygen atoms in total. The maximum atomic E-state index is 13.0. The lowest BCUT2D eigenvalue weighted by Gasteiger charge is -2.17. The number of hydrogen-bond acceptors (Lipinski definition) is 3. The summed E-state index contributed by atoms with van der Waals surface area (Å²) < 4.78 is 17.8. The Kier molecular flexibility index (Phi) is 5.52. The fourth-order valence-corrected chi connectivity index (χ4v) is 1.63. The normalized spacial score (nSPS) is 10.4. The second kappa shape index (κ2) is 6.91. The first kappa shape index (κ1) is 14.4. The molecule has 0 unspecified atom stereocenters. The summed E-state index contributed by atoms with van der Waals surface area (Å²) >= 11 is 0. The molecular weight excluding hydrogens is 233 g/mol. The first-order valence-corrected chi connectivity index (χ1v) is 5.80. The van der Waals surface area contributed by atoms with Crippen LogP contribution in [0, 0.1) is 5.82 Å². The second-order valence-electron chi connectivity index (χ2n) is 4.13. The quantitative estimate of drug-likeness (QED) is 0.574. The molecule has 1 aromatic carbocycles. The van der Waals surface area contributed by atoms with Gasteiger partial charge in [-0.15, -0.1) is 0 Å². The van der Waals surface area contributed by atoms with Crippen LogP contribution in [0.3, 0.4) is 0 Å². The summed E-state index contributed by atoms with van der Waals surface area (Å²) in [5.74, 6) is -0.645. The Labute approximate surface area is 107 Å². The van der Waals surface area contributed by atoms with Gasteiger partial charge in [0.05, 0.1) is 6.61 Å². The van der Waals surface area contributed by atoms with Crippen molar-refractivity contribution in [1.29, 1.82) is 0 Å². The lowest BCUT2D eigenvalue weighted by Crippen LogP contribution is -2.24. The molecular formula is C14H18FNO2. The molecule has 18 heavy (non-hydrogen) atoms. The van der Waals surface area contributed by atoms with Gasteiger partial charge in [-0.25, -0.2) is 9.18 Å². The van der Waals surface area contributed by atoms with Crippen LogP contribution in [0.15, 0.2) is 36.4 Å². The van der Waals surface area contributed by atoms with Crippen molar-refractivity contribution in [2.45, 2.75) is 13.5 Å². The molecule has 98 valence electrons. The van der Waals surface area contributed by atoms with Crippen LogP contribution in [-0.2, 0) is 16.1 Å². The summed E-state index contributed by atoms with van der Waals surface area (Å²) in [5.41, 5.74) is 1.25. The number of esters is 1. The van der Waals surface area contributed by atoms with E-state index < -0.39 is 0 Å². The zero-order chi connectivity index (χ0) is 13.5. The molecule has 0 atom stereocenters. The Morgan fingerprint density at radius 3 is 2.83 bits per heavy atom. The van der Waals surface area contributed by atoms with Gasteiger partial charge < -0.3 is 4.74 Å². The fraction of sp³-hybridized carbons (Fsp3) is 0.357. The lowest BCUT2D eigenvalue weighted by atomic mass is 10.2. The Morgan fingerprint density at radius 2 is 2.22 bits per heavy atom. The summed E-state index contributed by atoms with van der Waals surface area (Å²) in [6.07, 6.45) is 0. The van der Waals surface area contributed by atoms with Gasteiger partial charge in [0, 0.05) is 18.7 Å². The highest BCUT2D eigenvalue weighted by molar-refractivity contribution is 5.88. The zero-order valence-electron chi connectivity index (χ0n) is 10.8. The largest absolute Gasteiger partial charge is 0.463 e. The Bertz CT molecular complexity index is 432. The van der Waals surface area contributed by atoms with Crippen molar-refractivity contribution in [2.75, 3.05) is 20.2 Å². The molecule has 0 N–H and O–H groups in total. The molecule has 0 saturated carbocycles. The van der Waals surface area contributed by atoms with Gasteiger partial charge in [0.15, 0.2) is 0 Å². The molecule has 0 radical (unpaired) electrons. The van der Waals surface area contributed by atoms with Gasteiger partial charge >= 0.3 is 5.97 Å². The van der Waals surface area contributed by atoms with Crippen LogP contribution < -0.4 is 0 Å². The third kappa shape index (κ3) is 4.67. The molecule has 0 aliphatic carbocycles. The van der Waals surface area contributed by atoms with Gasteiger partial charge in [0.25, 0.3) is 0 Å². The van der Waals surface area contributed by atoms with Gasteiger partial charge in [-0.1, -0.05) is 18.7 Å². The van der Waals surface area contributed by atoms with Crippen LogP contribution in [0.2, 0.25) is 0 Å². The van der Waals surface area contributed by atoms with Crippen molar-refractivity contribution in [1.82, 2.24) is 4.90 Å². The van der Waals surface area contributed by atoms with Crippen molar-refractivity contribution >= 4 is 5.97 Å². The highest BCUT2D eigenvalue weighted by Crippen LogP contribution is 2.07. The van der Waals surface area contributed by atoms with E-state index in [1.54, 1.807) is 13.0 Å². The number of benzene rings is 1. The van der Waals surface area contributed by atoms with Crippen molar-refractivity contribution in [3.63, 3.8) is 0 Å². The molecule has 0 aliphatic rings. The zero-order valence-corrected chi connectivity index (χ0v) is 10.8. The van der Waals surface area contributed by atoms with Crippen molar-refractivity contribution in [3.05, 3.63) is 47.8 Å². The number of halogens is 1. The number of rotatable bonds is 6. The number of ether oxygens (including phenoxy) is 1. The van der Waals surface area contributed by atoms with E-state index in [1.165, 1.54) is 12.1 Å². The minimum absolute atomic E-state index is 0.259. The third-order valence-corrected chi connectivity index (χ3v) is 2.37. The highest BCUT2D eigenvalue weighted by Gasteiger charge is 2.10. The van der Waals surface area contributed by atoms with E-state index in [1.807, 2.05) is 18.0 Å². The van der Waals surface area contributed by atoms with Gasteiger partial charge in [-0.05, 0) is 31.7 Å². The van der Waals surface area contributed by atoms with E-state index in [4.69, 9.17) is 4.74 Å². The standard InChI is InChI=1S/C14H18FNO2/c1-4-18-14(17)11(2)9-16(3)10-12-6-5-7-13(15)8-12/h5-8H,2,4,9-10H2,1,3H3. The lowest BCUT2D eigenvalue weighted by molar-refractivity contribution is -0.138. The number of likely N-dealkylation sites (N-methyl/N-ethyl adjacent to an activating group) is 1. The average Bonchev–Trinajstić information content (AvgIpc) is 2.28. The van der Waals surface area contributed by atoms with Crippen LogP contribution in [0.5, 0.6) is 0 Å². The van der Waals surface area contributed by atoms with Gasteiger partial charge in [-0.3, -0.25) is 4.90 Å². The van der Waals surface area contributed by atoms with Crippen LogP contribution in [0.25, 0.3) is 0 Å². The molecule has 1 rings (SSSR count). The second-order valence-corrected chi connectivity index (χ2v) is 4.13. The first-order chi connectivity index (χ1) is 8.52. The summed E-state index contributed by atoms with van der Waals surface area (Å²) in [4.78, 5) is 13.3. The average molecular weight is 251 g/mol. The van der Waals surface area contributed by atoms with Crippen LogP contribution in [0.1, 0.15) is 12.5 Å². The minimum Gasteiger partial charge on any atom is -0.463 e. The summed E-state index contributed by atoms with van der Waals surface area (Å²) in [6, 6.07) is 6.38. The molecule has 1 aromatic rings. The van der Waals surface area contributed by atoms with Crippen molar-refractivity contribution < 1.29 is 13.9 Å². The van der Waals surface area contributed by atoms with Crippen molar-refractivity contribution in [3.8, 4) is 0 Å². The van der Waals surface area contributed by atoms with E-state index in [0.717, 1.165) is 5.56 Å². The van der Waals surface area contributed by atoms with Crippen molar-refractivity contribution in [2.24, 2.45) is 0 Å². The molecule has 0 saturated heterocycles. The fourth-order valence-electron chi connectivity index (χ4n) is 1.63. The number of nitrogens with zero attached hydrogens (tertiary/aromatic N) is 1. The van der Waals surface area contributed by atoms with Gasteiger partial charge in [-0.2, -0.15) is 0 Å². The Hall–Kier alpha value is -1.68. The maximum Gasteiger partial charge on any atom is 0.334 e. The summed E-state index contributed by atoms with van der Waals surface area (Å²) in [6.45, 7) is 6.72. The topological polar surface area (TPSA) is 29.5 Å². The molecule has 0 amide bonds. The summed E-state index contributed by atoms with van der Waals surface area (Å²) in [7, 11) is 1.84. The van der Waals surface area contributed by atoms with Crippen LogP contribution in [0.4, 0.5) is 4.39 Å². The minimum atomic E-state index is -0.386. The van der Waals surface area contributed by atoms with Crippen LogP contribution in [-0.4, -0.2) is 31.1 Å². The van der Waals surface area contributed by atoms with E-state index in [0.29, 0.717) is 25.3 Å². The van der Waals surface area contributed by atoms with E-state index in [-0.39, 0.29) is 11.8 Å².